The molecule has 0 aliphatic heterocycles. The third-order valence-corrected chi connectivity index (χ3v) is 4.92. The lowest BCUT2D eigenvalue weighted by molar-refractivity contribution is 0.552. The molecule has 0 N–H and O–H groups in total. The molecular formula is C17H17ClN2. The van der Waals surface area contributed by atoms with Crippen LogP contribution in [0.15, 0.2) is 24.3 Å². The van der Waals surface area contributed by atoms with Gasteiger partial charge < -0.3 is 0 Å². The van der Waals surface area contributed by atoms with Crippen molar-refractivity contribution in [1.29, 1.82) is 0 Å². The summed E-state index contributed by atoms with van der Waals surface area (Å²) in [5, 5.41) is 0.696. The maximum atomic E-state index is 6.34. The molecule has 0 amide bonds. The highest BCUT2D eigenvalue weighted by Crippen LogP contribution is 2.33. The second kappa shape index (κ2) is 4.85. The molecule has 0 radical (unpaired) electrons. The first-order valence-corrected chi connectivity index (χ1v) is 7.81. The number of benzene rings is 1. The molecule has 1 atom stereocenters. The van der Waals surface area contributed by atoms with Gasteiger partial charge in [-0.2, -0.15) is 0 Å². The van der Waals surface area contributed by atoms with Crippen LogP contribution in [0.2, 0.25) is 5.15 Å². The van der Waals surface area contributed by atoms with Crippen LogP contribution in [0, 0.1) is 0 Å². The smallest absolute Gasteiger partial charge is 0.136 e. The summed E-state index contributed by atoms with van der Waals surface area (Å²) in [6, 6.07) is 8.72. The molecule has 2 aromatic rings. The lowest BCUT2D eigenvalue weighted by atomic mass is 9.83. The van der Waals surface area contributed by atoms with Gasteiger partial charge in [0.1, 0.15) is 11.0 Å². The van der Waals surface area contributed by atoms with Gasteiger partial charge in [-0.3, -0.25) is 0 Å². The Bertz CT molecular complexity index is 666. The summed E-state index contributed by atoms with van der Waals surface area (Å²) in [7, 11) is 0. The average Bonchev–Trinajstić information content (AvgIpc) is 2.96. The zero-order valence-corrected chi connectivity index (χ0v) is 12.2. The number of hydrogen-bond donors (Lipinski definition) is 0. The quantitative estimate of drug-likeness (QED) is 0.743. The molecule has 1 heterocycles. The van der Waals surface area contributed by atoms with Gasteiger partial charge in [-0.25, -0.2) is 9.97 Å². The van der Waals surface area contributed by atoms with Crippen molar-refractivity contribution in [2.45, 2.75) is 44.4 Å². The van der Waals surface area contributed by atoms with Crippen molar-refractivity contribution in [2.75, 3.05) is 0 Å². The molecule has 0 spiro atoms. The van der Waals surface area contributed by atoms with Crippen molar-refractivity contribution in [3.8, 4) is 0 Å². The van der Waals surface area contributed by atoms with E-state index in [-0.39, 0.29) is 0 Å². The third kappa shape index (κ3) is 2.03. The average molecular weight is 285 g/mol. The highest BCUT2D eigenvalue weighted by molar-refractivity contribution is 6.30. The number of hydrogen-bond acceptors (Lipinski definition) is 2. The van der Waals surface area contributed by atoms with Crippen LogP contribution in [0.3, 0.4) is 0 Å². The van der Waals surface area contributed by atoms with Crippen LogP contribution in [0.25, 0.3) is 0 Å². The number of aryl methyl sites for hydroxylation is 2. The van der Waals surface area contributed by atoms with Crippen molar-refractivity contribution >= 4 is 11.6 Å². The first kappa shape index (κ1) is 12.3. The lowest BCUT2D eigenvalue weighted by Crippen LogP contribution is -2.16. The minimum atomic E-state index is 0.424. The molecule has 1 aromatic carbocycles. The Morgan fingerprint density at radius 1 is 1.00 bits per heavy atom. The molecule has 2 aliphatic rings. The van der Waals surface area contributed by atoms with E-state index in [1.54, 1.807) is 0 Å². The fourth-order valence-electron chi connectivity index (χ4n) is 3.51. The number of rotatable bonds is 1. The summed E-state index contributed by atoms with van der Waals surface area (Å²) in [4.78, 5) is 9.41. The first-order valence-electron chi connectivity index (χ1n) is 7.43. The Kier molecular flexibility index (Phi) is 2.99. The van der Waals surface area contributed by atoms with E-state index in [1.165, 1.54) is 28.8 Å². The van der Waals surface area contributed by atoms with Crippen molar-refractivity contribution in [3.05, 3.63) is 57.6 Å². The highest BCUT2D eigenvalue weighted by atomic mass is 35.5. The zero-order valence-electron chi connectivity index (χ0n) is 11.4. The van der Waals surface area contributed by atoms with E-state index in [9.17, 15) is 0 Å². The topological polar surface area (TPSA) is 25.8 Å². The van der Waals surface area contributed by atoms with Gasteiger partial charge in [-0.05, 0) is 49.7 Å². The Hall–Kier alpha value is -1.41. The second-order valence-electron chi connectivity index (χ2n) is 5.86. The minimum Gasteiger partial charge on any atom is -0.237 e. The molecule has 0 bridgehead atoms. The lowest BCUT2D eigenvalue weighted by Gasteiger charge is -2.24. The van der Waals surface area contributed by atoms with Gasteiger partial charge in [-0.15, -0.1) is 0 Å². The summed E-state index contributed by atoms with van der Waals surface area (Å²) in [5.41, 5.74) is 5.31. The maximum Gasteiger partial charge on any atom is 0.136 e. The number of halogens is 1. The third-order valence-electron chi connectivity index (χ3n) is 4.61. The van der Waals surface area contributed by atoms with E-state index in [0.717, 1.165) is 37.9 Å². The van der Waals surface area contributed by atoms with E-state index in [1.807, 2.05) is 0 Å². The van der Waals surface area contributed by atoms with Gasteiger partial charge in [0.15, 0.2) is 0 Å². The molecule has 1 unspecified atom stereocenters. The molecular weight excluding hydrogens is 268 g/mol. The van der Waals surface area contributed by atoms with Crippen LogP contribution in [0.1, 0.15) is 47.0 Å². The SMILES string of the molecule is Clc1nc(C2CCc3ccccc3C2)nc2c1CCC2. The zero-order chi connectivity index (χ0) is 13.5. The fourth-order valence-corrected chi connectivity index (χ4v) is 3.80. The Morgan fingerprint density at radius 2 is 1.85 bits per heavy atom. The van der Waals surface area contributed by atoms with Gasteiger partial charge in [-0.1, -0.05) is 35.9 Å². The van der Waals surface area contributed by atoms with Gasteiger partial charge in [0.25, 0.3) is 0 Å². The number of nitrogens with zero attached hydrogens (tertiary/aromatic N) is 2. The van der Waals surface area contributed by atoms with Crippen LogP contribution in [0.4, 0.5) is 0 Å². The summed E-state index contributed by atoms with van der Waals surface area (Å²) >= 11 is 6.34. The normalized spacial score (nSPS) is 20.6. The molecule has 0 saturated carbocycles. The molecule has 1 aromatic heterocycles. The summed E-state index contributed by atoms with van der Waals surface area (Å²) in [5.74, 6) is 1.39. The highest BCUT2D eigenvalue weighted by Gasteiger charge is 2.25. The van der Waals surface area contributed by atoms with Crippen molar-refractivity contribution in [3.63, 3.8) is 0 Å². The molecule has 2 nitrogen and oxygen atoms in total. The molecule has 3 heteroatoms. The van der Waals surface area contributed by atoms with Gasteiger partial charge in [0.05, 0.1) is 0 Å². The summed E-state index contributed by atoms with van der Waals surface area (Å²) in [6.07, 6.45) is 6.58. The predicted octanol–water partition coefficient (Wildman–Crippen LogP) is 3.89. The van der Waals surface area contributed by atoms with Gasteiger partial charge in [0.2, 0.25) is 0 Å². The van der Waals surface area contributed by atoms with E-state index >= 15 is 0 Å². The fraction of sp³-hybridized carbons (Fsp3) is 0.412. The monoisotopic (exact) mass is 284 g/mol. The van der Waals surface area contributed by atoms with Crippen LogP contribution in [-0.2, 0) is 25.7 Å². The van der Waals surface area contributed by atoms with E-state index in [4.69, 9.17) is 16.6 Å². The molecule has 2 aliphatic carbocycles. The Morgan fingerprint density at radius 3 is 2.75 bits per heavy atom. The minimum absolute atomic E-state index is 0.424. The van der Waals surface area contributed by atoms with E-state index in [0.29, 0.717) is 11.1 Å². The van der Waals surface area contributed by atoms with Crippen molar-refractivity contribution < 1.29 is 0 Å². The van der Waals surface area contributed by atoms with Gasteiger partial charge >= 0.3 is 0 Å². The molecule has 0 saturated heterocycles. The van der Waals surface area contributed by atoms with Crippen LogP contribution in [0.5, 0.6) is 0 Å². The van der Waals surface area contributed by atoms with Crippen LogP contribution < -0.4 is 0 Å². The molecule has 0 fully saturated rings. The maximum absolute atomic E-state index is 6.34. The predicted molar refractivity (Wildman–Crippen MR) is 80.3 cm³/mol. The van der Waals surface area contributed by atoms with Crippen LogP contribution >= 0.6 is 11.6 Å². The Balaban J connectivity index is 1.68. The van der Waals surface area contributed by atoms with Crippen molar-refractivity contribution in [1.82, 2.24) is 9.97 Å². The molecule has 4 rings (SSSR count). The van der Waals surface area contributed by atoms with E-state index < -0.39 is 0 Å². The van der Waals surface area contributed by atoms with Crippen molar-refractivity contribution in [2.24, 2.45) is 0 Å². The largest absolute Gasteiger partial charge is 0.237 e. The Labute approximate surface area is 124 Å². The van der Waals surface area contributed by atoms with E-state index in [2.05, 4.69) is 29.2 Å². The van der Waals surface area contributed by atoms with Gasteiger partial charge in [0, 0.05) is 17.2 Å². The summed E-state index contributed by atoms with van der Waals surface area (Å²) < 4.78 is 0. The molecule has 102 valence electrons. The molecule has 20 heavy (non-hydrogen) atoms. The standard InChI is InChI=1S/C17H17ClN2/c18-16-14-6-3-7-15(14)19-17(20-16)13-9-8-11-4-1-2-5-12(11)10-13/h1-2,4-5,13H,3,6-10H2. The summed E-state index contributed by atoms with van der Waals surface area (Å²) in [6.45, 7) is 0. The number of fused-ring (bicyclic) bond motifs is 2. The number of aromatic nitrogens is 2. The van der Waals surface area contributed by atoms with Crippen LogP contribution in [-0.4, -0.2) is 9.97 Å². The second-order valence-corrected chi connectivity index (χ2v) is 6.22. The first-order chi connectivity index (χ1) is 9.81.